The number of hydrogen-bond acceptors (Lipinski definition) is 4. The fourth-order valence-electron chi connectivity index (χ4n) is 5.81. The summed E-state index contributed by atoms with van der Waals surface area (Å²) in [4.78, 5) is 28.4. The van der Waals surface area contributed by atoms with E-state index in [0.29, 0.717) is 30.0 Å². The molecule has 28 heavy (non-hydrogen) atoms. The molecule has 0 unspecified atom stereocenters. The number of para-hydroxylation sites is 1. The molecular weight excluding hydrogens is 356 g/mol. The molecule has 0 radical (unpaired) electrons. The van der Waals surface area contributed by atoms with Crippen LogP contribution in [-0.2, 0) is 16.0 Å². The first-order valence-corrected chi connectivity index (χ1v) is 10.5. The standard InChI is InChI=1S/C22H28N2O4/c25-18-8-17-11-23(6-5-20(17)28-12-18)21(27)24-13-22(14-24)9-15(10-22)7-16-3-1-2-4-19(16)26/h1-4,15,17,20,26H,5-14H2/t17-,20+/m1/s1. The minimum absolute atomic E-state index is 0.131. The minimum atomic E-state index is 0.131. The third-order valence-electron chi connectivity index (χ3n) is 7.15. The van der Waals surface area contributed by atoms with Gasteiger partial charge in [-0.25, -0.2) is 4.79 Å². The highest BCUT2D eigenvalue weighted by Gasteiger charge is 2.54. The molecule has 3 saturated heterocycles. The van der Waals surface area contributed by atoms with Crippen LogP contribution in [0.2, 0.25) is 0 Å². The van der Waals surface area contributed by atoms with Crippen LogP contribution in [0.5, 0.6) is 5.75 Å². The summed E-state index contributed by atoms with van der Waals surface area (Å²) in [7, 11) is 0. The molecule has 1 spiro atoms. The van der Waals surface area contributed by atoms with Gasteiger partial charge in [-0.1, -0.05) is 18.2 Å². The smallest absolute Gasteiger partial charge is 0.320 e. The van der Waals surface area contributed by atoms with Crippen LogP contribution in [-0.4, -0.2) is 65.6 Å². The number of rotatable bonds is 2. The Morgan fingerprint density at radius 2 is 2.00 bits per heavy atom. The predicted octanol–water partition coefficient (Wildman–Crippen LogP) is 2.45. The molecule has 4 fully saturated rings. The van der Waals surface area contributed by atoms with E-state index in [1.807, 2.05) is 28.0 Å². The minimum Gasteiger partial charge on any atom is -0.508 e. The van der Waals surface area contributed by atoms with Crippen molar-refractivity contribution in [2.24, 2.45) is 17.3 Å². The fourth-order valence-corrected chi connectivity index (χ4v) is 5.81. The van der Waals surface area contributed by atoms with Crippen molar-refractivity contribution in [1.29, 1.82) is 0 Å². The number of piperidine rings is 1. The molecule has 1 aliphatic carbocycles. The van der Waals surface area contributed by atoms with Crippen molar-refractivity contribution in [3.63, 3.8) is 0 Å². The summed E-state index contributed by atoms with van der Waals surface area (Å²) < 4.78 is 5.63. The average Bonchev–Trinajstić information content (AvgIpc) is 2.63. The highest BCUT2D eigenvalue weighted by molar-refractivity contribution is 5.81. The van der Waals surface area contributed by atoms with Crippen molar-refractivity contribution < 1.29 is 19.4 Å². The van der Waals surface area contributed by atoms with E-state index in [1.165, 1.54) is 0 Å². The van der Waals surface area contributed by atoms with Gasteiger partial charge in [0, 0.05) is 43.9 Å². The van der Waals surface area contributed by atoms with Crippen molar-refractivity contribution in [2.45, 2.75) is 38.2 Å². The monoisotopic (exact) mass is 384 g/mol. The van der Waals surface area contributed by atoms with Crippen LogP contribution in [0.3, 0.4) is 0 Å². The van der Waals surface area contributed by atoms with Crippen molar-refractivity contribution in [3.05, 3.63) is 29.8 Å². The molecule has 5 rings (SSSR count). The highest BCUT2D eigenvalue weighted by Crippen LogP contribution is 2.53. The Hall–Kier alpha value is -2.08. The van der Waals surface area contributed by atoms with Gasteiger partial charge in [0.15, 0.2) is 5.78 Å². The second-order valence-electron chi connectivity index (χ2n) is 9.33. The molecule has 1 aromatic rings. The lowest BCUT2D eigenvalue weighted by Crippen LogP contribution is -2.66. The first-order valence-electron chi connectivity index (χ1n) is 10.5. The highest BCUT2D eigenvalue weighted by atomic mass is 16.5. The first kappa shape index (κ1) is 18.0. The first-order chi connectivity index (χ1) is 13.5. The Kier molecular flexibility index (Phi) is 4.34. The van der Waals surface area contributed by atoms with E-state index in [9.17, 15) is 14.7 Å². The number of hydrogen-bond donors (Lipinski definition) is 1. The van der Waals surface area contributed by atoms with Gasteiger partial charge in [0.2, 0.25) is 0 Å². The summed E-state index contributed by atoms with van der Waals surface area (Å²) in [5.74, 6) is 1.32. The van der Waals surface area contributed by atoms with E-state index in [-0.39, 0.29) is 30.4 Å². The van der Waals surface area contributed by atoms with Crippen LogP contribution in [0.4, 0.5) is 4.79 Å². The number of ketones is 1. The van der Waals surface area contributed by atoms with Gasteiger partial charge >= 0.3 is 6.03 Å². The van der Waals surface area contributed by atoms with Gasteiger partial charge in [-0.3, -0.25) is 4.79 Å². The summed E-state index contributed by atoms with van der Waals surface area (Å²) in [6, 6.07) is 7.71. The molecule has 2 amide bonds. The molecule has 1 saturated carbocycles. The maximum atomic E-state index is 12.9. The number of carbonyl (C=O) groups is 2. The van der Waals surface area contributed by atoms with Gasteiger partial charge in [0.1, 0.15) is 12.4 Å². The largest absolute Gasteiger partial charge is 0.508 e. The number of ether oxygens (including phenoxy) is 1. The molecule has 0 bridgehead atoms. The zero-order valence-corrected chi connectivity index (χ0v) is 16.2. The van der Waals surface area contributed by atoms with Crippen LogP contribution in [0.25, 0.3) is 0 Å². The van der Waals surface area contributed by atoms with E-state index < -0.39 is 0 Å². The molecule has 1 aromatic carbocycles. The number of Topliss-reactive ketones (excluding diaryl/α,β-unsaturated/α-hetero) is 1. The fraction of sp³-hybridized carbons (Fsp3) is 0.636. The molecule has 4 aliphatic rings. The van der Waals surface area contributed by atoms with Gasteiger partial charge in [-0.2, -0.15) is 0 Å². The van der Waals surface area contributed by atoms with E-state index in [4.69, 9.17) is 4.74 Å². The lowest BCUT2D eigenvalue weighted by atomic mass is 9.56. The average molecular weight is 384 g/mol. The lowest BCUT2D eigenvalue weighted by Gasteiger charge is -2.60. The van der Waals surface area contributed by atoms with E-state index >= 15 is 0 Å². The maximum absolute atomic E-state index is 12.9. The summed E-state index contributed by atoms with van der Waals surface area (Å²) in [5, 5.41) is 9.95. The molecule has 6 heteroatoms. The third kappa shape index (κ3) is 3.17. The van der Waals surface area contributed by atoms with Gasteiger partial charge < -0.3 is 19.6 Å². The molecule has 6 nitrogen and oxygen atoms in total. The second-order valence-corrected chi connectivity index (χ2v) is 9.33. The van der Waals surface area contributed by atoms with Crippen LogP contribution >= 0.6 is 0 Å². The predicted molar refractivity (Wildman–Crippen MR) is 103 cm³/mol. The number of benzene rings is 1. The van der Waals surface area contributed by atoms with Crippen LogP contribution in [0, 0.1) is 17.3 Å². The number of likely N-dealkylation sites (tertiary alicyclic amines) is 2. The zero-order chi connectivity index (χ0) is 19.3. The summed E-state index contributed by atoms with van der Waals surface area (Å²) in [6.07, 6.45) is 4.73. The normalized spacial score (nSPS) is 29.2. The van der Waals surface area contributed by atoms with Crippen molar-refractivity contribution in [1.82, 2.24) is 9.80 Å². The number of nitrogens with zero attached hydrogens (tertiary/aromatic N) is 2. The van der Waals surface area contributed by atoms with Crippen molar-refractivity contribution >= 4 is 11.8 Å². The summed E-state index contributed by atoms with van der Waals surface area (Å²) in [5.41, 5.74) is 1.33. The lowest BCUT2D eigenvalue weighted by molar-refractivity contribution is -0.140. The van der Waals surface area contributed by atoms with Gasteiger partial charge in [0.05, 0.1) is 6.10 Å². The second kappa shape index (κ2) is 6.76. The summed E-state index contributed by atoms with van der Waals surface area (Å²) >= 11 is 0. The quantitative estimate of drug-likeness (QED) is 0.850. The van der Waals surface area contributed by atoms with E-state index in [2.05, 4.69) is 0 Å². The SMILES string of the molecule is O=C1CO[C@H]2CCN(C(=O)N3CC4(CC(Cc5ccccc5O)C4)C3)C[C@H]2C1. The Morgan fingerprint density at radius 1 is 1.21 bits per heavy atom. The number of phenolic OH excluding ortho intramolecular Hbond substituents is 1. The number of phenols is 1. The molecule has 3 aliphatic heterocycles. The Bertz CT molecular complexity index is 780. The molecule has 2 atom stereocenters. The van der Waals surface area contributed by atoms with Gasteiger partial charge in [-0.15, -0.1) is 0 Å². The van der Waals surface area contributed by atoms with Crippen LogP contribution in [0.1, 0.15) is 31.2 Å². The van der Waals surface area contributed by atoms with E-state index in [0.717, 1.165) is 50.9 Å². The molecule has 150 valence electrons. The number of amides is 2. The Balaban J connectivity index is 1.10. The van der Waals surface area contributed by atoms with Gasteiger partial charge in [0.25, 0.3) is 0 Å². The van der Waals surface area contributed by atoms with Crippen molar-refractivity contribution in [3.8, 4) is 5.75 Å². The number of carbonyl (C=O) groups excluding carboxylic acids is 2. The molecule has 1 N–H and O–H groups in total. The number of aromatic hydroxyl groups is 1. The molecule has 0 aromatic heterocycles. The zero-order valence-electron chi connectivity index (χ0n) is 16.2. The van der Waals surface area contributed by atoms with E-state index in [1.54, 1.807) is 6.07 Å². The van der Waals surface area contributed by atoms with Crippen molar-refractivity contribution in [2.75, 3.05) is 32.8 Å². The maximum Gasteiger partial charge on any atom is 0.320 e. The van der Waals surface area contributed by atoms with Gasteiger partial charge in [-0.05, 0) is 43.2 Å². The topological polar surface area (TPSA) is 70.1 Å². The van der Waals surface area contributed by atoms with Crippen LogP contribution in [0.15, 0.2) is 24.3 Å². The Labute approximate surface area is 165 Å². The number of urea groups is 1. The molecule has 3 heterocycles. The van der Waals surface area contributed by atoms with Crippen LogP contribution < -0.4 is 0 Å². The molecular formula is C22H28N2O4. The number of fused-ring (bicyclic) bond motifs is 1. The Morgan fingerprint density at radius 3 is 2.79 bits per heavy atom. The third-order valence-corrected chi connectivity index (χ3v) is 7.15. The summed E-state index contributed by atoms with van der Waals surface area (Å²) in [6.45, 7) is 3.32.